The molecule has 0 saturated heterocycles. The van der Waals surface area contributed by atoms with Gasteiger partial charge in [-0.1, -0.05) is 23.4 Å². The Labute approximate surface area is 174 Å². The van der Waals surface area contributed by atoms with Gasteiger partial charge in [0.05, 0.1) is 22.8 Å². The third-order valence-electron chi connectivity index (χ3n) is 6.24. The zero-order valence-electron chi connectivity index (χ0n) is 17.1. The number of aromatic nitrogens is 1. The maximum absolute atomic E-state index is 12.4. The molecule has 1 saturated carbocycles. The molecular formula is C24H23N4O2+. The Kier molecular flexibility index (Phi) is 3.66. The molecule has 3 aromatic rings. The van der Waals surface area contributed by atoms with Crippen molar-refractivity contribution in [1.82, 2.24) is 5.16 Å². The number of fused-ring (bicyclic) bond motifs is 2. The van der Waals surface area contributed by atoms with E-state index >= 15 is 0 Å². The number of allylic oxidation sites excluding steroid dienone is 1. The van der Waals surface area contributed by atoms with Crippen LogP contribution >= 0.6 is 0 Å². The van der Waals surface area contributed by atoms with Gasteiger partial charge < -0.3 is 14.3 Å². The van der Waals surface area contributed by atoms with Gasteiger partial charge in [-0.3, -0.25) is 4.79 Å². The second-order valence-corrected chi connectivity index (χ2v) is 8.45. The Hall–Kier alpha value is -3.41. The summed E-state index contributed by atoms with van der Waals surface area (Å²) in [5.74, 6) is 0.848. The predicted molar refractivity (Wildman–Crippen MR) is 117 cm³/mol. The van der Waals surface area contributed by atoms with Crippen LogP contribution in [-0.2, 0) is 4.79 Å². The minimum Gasteiger partial charge on any atom is -0.354 e. The summed E-state index contributed by atoms with van der Waals surface area (Å²) in [6, 6.07) is 15.0. The Balaban J connectivity index is 1.47. The van der Waals surface area contributed by atoms with Gasteiger partial charge in [-0.05, 0) is 36.8 Å². The third-order valence-corrected chi connectivity index (χ3v) is 6.24. The number of rotatable bonds is 3. The van der Waals surface area contributed by atoms with Crippen molar-refractivity contribution in [3.63, 3.8) is 0 Å². The molecule has 1 unspecified atom stereocenters. The first-order valence-corrected chi connectivity index (χ1v) is 10.5. The van der Waals surface area contributed by atoms with Crippen LogP contribution in [0.2, 0.25) is 0 Å². The molecule has 30 heavy (non-hydrogen) atoms. The van der Waals surface area contributed by atoms with E-state index < -0.39 is 0 Å². The number of para-hydroxylation sites is 1. The highest BCUT2D eigenvalue weighted by Crippen LogP contribution is 2.43. The van der Waals surface area contributed by atoms with Crippen LogP contribution in [0.15, 0.2) is 53.2 Å². The molecule has 2 aromatic carbocycles. The summed E-state index contributed by atoms with van der Waals surface area (Å²) in [6.45, 7) is 4.36. The van der Waals surface area contributed by atoms with E-state index in [0.717, 1.165) is 33.7 Å². The van der Waals surface area contributed by atoms with E-state index in [1.165, 1.54) is 18.4 Å². The molecule has 0 bridgehead atoms. The van der Waals surface area contributed by atoms with Crippen molar-refractivity contribution in [3.05, 3.63) is 54.2 Å². The average molecular weight is 399 g/mol. The molecule has 6 heteroatoms. The zero-order chi connectivity index (χ0) is 20.4. The molecule has 1 amide bonds. The second-order valence-electron chi connectivity index (χ2n) is 8.45. The minimum absolute atomic E-state index is 0.0242. The number of benzene rings is 2. The first-order chi connectivity index (χ1) is 14.6. The van der Waals surface area contributed by atoms with E-state index in [2.05, 4.69) is 52.2 Å². The van der Waals surface area contributed by atoms with Crippen LogP contribution < -0.4 is 9.80 Å². The summed E-state index contributed by atoms with van der Waals surface area (Å²) in [4.78, 5) is 16.5. The average Bonchev–Trinajstić information content (AvgIpc) is 3.44. The summed E-state index contributed by atoms with van der Waals surface area (Å²) in [5, 5.41) is 5.37. The normalized spacial score (nSPS) is 20.5. The van der Waals surface area contributed by atoms with Gasteiger partial charge in [0.2, 0.25) is 5.91 Å². The van der Waals surface area contributed by atoms with Crippen molar-refractivity contribution >= 4 is 45.9 Å². The molecule has 150 valence electrons. The lowest BCUT2D eigenvalue weighted by molar-refractivity contribution is -0.474. The van der Waals surface area contributed by atoms with Crippen LogP contribution in [0.25, 0.3) is 16.5 Å². The fourth-order valence-corrected chi connectivity index (χ4v) is 4.59. The van der Waals surface area contributed by atoms with Crippen molar-refractivity contribution < 1.29 is 13.9 Å². The Morgan fingerprint density at radius 1 is 1.17 bits per heavy atom. The largest absolute Gasteiger partial charge is 0.354 e. The van der Waals surface area contributed by atoms with Crippen LogP contribution in [0.5, 0.6) is 0 Å². The Bertz CT molecular complexity index is 1250. The molecule has 6 nitrogen and oxygen atoms in total. The number of anilines is 3. The van der Waals surface area contributed by atoms with Crippen LogP contribution in [-0.4, -0.2) is 40.5 Å². The van der Waals surface area contributed by atoms with Gasteiger partial charge in [-0.25, -0.2) is 4.58 Å². The number of carbonyl (C=O) groups excluding carboxylic acids is 1. The molecule has 0 radical (unpaired) electrons. The maximum Gasteiger partial charge on any atom is 0.224 e. The molecule has 2 aliphatic heterocycles. The van der Waals surface area contributed by atoms with Crippen molar-refractivity contribution in [3.8, 4) is 0 Å². The molecule has 6 rings (SSSR count). The quantitative estimate of drug-likeness (QED) is 0.616. The van der Waals surface area contributed by atoms with E-state index in [1.807, 2.05) is 29.2 Å². The Morgan fingerprint density at radius 3 is 2.73 bits per heavy atom. The van der Waals surface area contributed by atoms with E-state index in [0.29, 0.717) is 12.6 Å². The predicted octanol–water partition coefficient (Wildman–Crippen LogP) is 4.32. The number of carbonyl (C=O) groups is 1. The summed E-state index contributed by atoms with van der Waals surface area (Å²) in [6.07, 6.45) is 7.01. The molecule has 0 N–H and O–H groups in total. The number of hydrogen-bond acceptors (Lipinski definition) is 4. The zero-order valence-corrected chi connectivity index (χ0v) is 17.1. The van der Waals surface area contributed by atoms with E-state index in [-0.39, 0.29) is 11.9 Å². The first-order valence-electron chi connectivity index (χ1n) is 10.5. The van der Waals surface area contributed by atoms with E-state index in [9.17, 15) is 4.79 Å². The topological polar surface area (TPSA) is 52.6 Å². The molecule has 1 atom stereocenters. The summed E-state index contributed by atoms with van der Waals surface area (Å²) < 4.78 is 7.89. The maximum atomic E-state index is 12.4. The van der Waals surface area contributed by atoms with Crippen LogP contribution in [0.4, 0.5) is 17.2 Å². The van der Waals surface area contributed by atoms with Gasteiger partial charge in [-0.15, -0.1) is 0 Å². The number of nitrogens with zero attached hydrogens (tertiary/aromatic N) is 4. The van der Waals surface area contributed by atoms with Gasteiger partial charge in [0.25, 0.3) is 0 Å². The van der Waals surface area contributed by atoms with E-state index in [1.54, 1.807) is 6.92 Å². The van der Waals surface area contributed by atoms with Crippen molar-refractivity contribution in [2.24, 2.45) is 0 Å². The minimum atomic E-state index is 0.0242. The first kappa shape index (κ1) is 17.4. The second kappa shape index (κ2) is 6.29. The summed E-state index contributed by atoms with van der Waals surface area (Å²) in [5.41, 5.74) is 5.04. The van der Waals surface area contributed by atoms with Gasteiger partial charge in [0.1, 0.15) is 5.57 Å². The molecule has 1 aliphatic carbocycles. The fourth-order valence-electron chi connectivity index (χ4n) is 4.59. The molecule has 0 spiro atoms. The molecule has 3 heterocycles. The SMILES string of the molecule is CC(=O)N1c2ccc(C3=C[N+](C4CC4)=C3)cc2N(c2noc3ccccc23)CC1C. The van der Waals surface area contributed by atoms with Gasteiger partial charge in [0, 0.05) is 26.3 Å². The van der Waals surface area contributed by atoms with E-state index in [4.69, 9.17) is 4.52 Å². The molecule has 3 aliphatic rings. The highest BCUT2D eigenvalue weighted by molar-refractivity contribution is 6.11. The lowest BCUT2D eigenvalue weighted by Gasteiger charge is -2.41. The number of hydrogen-bond donors (Lipinski definition) is 0. The van der Waals surface area contributed by atoms with Gasteiger partial charge >= 0.3 is 0 Å². The summed E-state index contributed by atoms with van der Waals surface area (Å²) in [7, 11) is 0. The Morgan fingerprint density at radius 2 is 1.97 bits per heavy atom. The lowest BCUT2D eigenvalue weighted by Crippen LogP contribution is -2.48. The fraction of sp³-hybridized carbons (Fsp3) is 0.292. The molecular weight excluding hydrogens is 376 g/mol. The van der Waals surface area contributed by atoms with Crippen LogP contribution in [0.1, 0.15) is 32.3 Å². The van der Waals surface area contributed by atoms with Gasteiger partial charge in [-0.2, -0.15) is 0 Å². The van der Waals surface area contributed by atoms with Crippen molar-refractivity contribution in [2.45, 2.75) is 38.8 Å². The van der Waals surface area contributed by atoms with Crippen molar-refractivity contribution in [2.75, 3.05) is 16.3 Å². The van der Waals surface area contributed by atoms with Gasteiger partial charge in [0.15, 0.2) is 29.9 Å². The van der Waals surface area contributed by atoms with Crippen LogP contribution in [0, 0.1) is 0 Å². The lowest BCUT2D eigenvalue weighted by atomic mass is 9.99. The highest BCUT2D eigenvalue weighted by atomic mass is 16.5. The summed E-state index contributed by atoms with van der Waals surface area (Å²) >= 11 is 0. The van der Waals surface area contributed by atoms with Crippen molar-refractivity contribution in [1.29, 1.82) is 0 Å². The standard InChI is InChI=1S/C24H23N4O2/c1-15-12-27(24-20-5-3-4-6-23(20)30-25-24)22-11-17(7-10-21(22)28(15)16(2)29)18-13-26(14-18)19-8-9-19/h3-7,10-11,13-15,19H,8-9,12H2,1-2H3/q+1. The molecule has 1 fully saturated rings. The third kappa shape index (κ3) is 2.60. The monoisotopic (exact) mass is 399 g/mol. The smallest absolute Gasteiger partial charge is 0.224 e. The molecule has 1 aromatic heterocycles. The highest BCUT2D eigenvalue weighted by Gasteiger charge is 2.38. The number of amides is 1. The van der Waals surface area contributed by atoms with Crippen LogP contribution in [0.3, 0.4) is 0 Å².